The zero-order valence-electron chi connectivity index (χ0n) is 6.33. The molecule has 60 valence electrons. The Kier molecular flexibility index (Phi) is 2.59. The molecule has 0 radical (unpaired) electrons. The van der Waals surface area contributed by atoms with Gasteiger partial charge >= 0.3 is 0 Å². The second-order valence-corrected chi connectivity index (χ2v) is 3.35. The number of rotatable bonds is 3. The van der Waals surface area contributed by atoms with Crippen LogP contribution in [0, 0.1) is 0 Å². The molecule has 0 aliphatic carbocycles. The average Bonchev–Trinajstić information content (AvgIpc) is 2.37. The van der Waals surface area contributed by atoms with Crippen molar-refractivity contribution >= 4 is 17.2 Å². The molecule has 1 amide bonds. The second kappa shape index (κ2) is 3.48. The van der Waals surface area contributed by atoms with Crippen LogP contribution in [0.25, 0.3) is 0 Å². The first-order chi connectivity index (χ1) is 5.24. The number of thiazole rings is 1. The van der Waals surface area contributed by atoms with Crippen molar-refractivity contribution in [3.8, 4) is 0 Å². The van der Waals surface area contributed by atoms with Crippen LogP contribution < -0.4 is 5.73 Å². The van der Waals surface area contributed by atoms with E-state index in [9.17, 15) is 4.79 Å². The lowest BCUT2D eigenvalue weighted by Crippen LogP contribution is -2.08. The third-order valence-electron chi connectivity index (χ3n) is 1.26. The van der Waals surface area contributed by atoms with Crippen LogP contribution in [0.3, 0.4) is 0 Å². The van der Waals surface area contributed by atoms with Crippen molar-refractivity contribution in [3.63, 3.8) is 0 Å². The van der Waals surface area contributed by atoms with E-state index in [0.717, 1.165) is 17.8 Å². The summed E-state index contributed by atoms with van der Waals surface area (Å²) in [6, 6.07) is 0. The first-order valence-corrected chi connectivity index (χ1v) is 4.30. The highest BCUT2D eigenvalue weighted by molar-refractivity contribution is 7.13. The molecule has 1 rings (SSSR count). The van der Waals surface area contributed by atoms with Gasteiger partial charge in [-0.1, -0.05) is 6.92 Å². The first kappa shape index (κ1) is 8.20. The fourth-order valence-electron chi connectivity index (χ4n) is 0.754. The van der Waals surface area contributed by atoms with Crippen LogP contribution in [-0.2, 0) is 6.42 Å². The largest absolute Gasteiger partial charge is 0.365 e. The fourth-order valence-corrected chi connectivity index (χ4v) is 1.63. The van der Waals surface area contributed by atoms with Crippen LogP contribution in [0.15, 0.2) is 6.20 Å². The number of primary amides is 1. The highest BCUT2D eigenvalue weighted by atomic mass is 32.1. The lowest BCUT2D eigenvalue weighted by molar-refractivity contribution is 0.100. The molecule has 1 heterocycles. The zero-order chi connectivity index (χ0) is 8.27. The van der Waals surface area contributed by atoms with Gasteiger partial charge in [0.25, 0.3) is 5.91 Å². The molecule has 0 bridgehead atoms. The van der Waals surface area contributed by atoms with Gasteiger partial charge in [-0.25, -0.2) is 4.98 Å². The highest BCUT2D eigenvalue weighted by Gasteiger charge is 2.04. The van der Waals surface area contributed by atoms with Crippen molar-refractivity contribution in [1.29, 1.82) is 0 Å². The maximum absolute atomic E-state index is 10.6. The predicted octanol–water partition coefficient (Wildman–Crippen LogP) is 1.19. The van der Waals surface area contributed by atoms with Gasteiger partial charge in [0.1, 0.15) is 4.88 Å². The first-order valence-electron chi connectivity index (χ1n) is 3.48. The van der Waals surface area contributed by atoms with E-state index < -0.39 is 0 Å². The third-order valence-corrected chi connectivity index (χ3v) is 2.33. The minimum absolute atomic E-state index is 0.384. The average molecular weight is 170 g/mol. The molecule has 0 saturated carbocycles. The van der Waals surface area contributed by atoms with Gasteiger partial charge < -0.3 is 5.73 Å². The standard InChI is InChI=1S/C7H10N2OS/c1-2-3-6-9-4-5(11-6)7(8)10/h4H,2-3H2,1H3,(H2,8,10). The summed E-state index contributed by atoms with van der Waals surface area (Å²) in [5.74, 6) is -0.384. The molecule has 0 fully saturated rings. The molecule has 0 aromatic carbocycles. The van der Waals surface area contributed by atoms with Gasteiger partial charge in [-0.3, -0.25) is 4.79 Å². The Labute approximate surface area is 69.3 Å². The number of nitrogens with two attached hydrogens (primary N) is 1. The quantitative estimate of drug-likeness (QED) is 0.740. The number of hydrogen-bond donors (Lipinski definition) is 1. The van der Waals surface area contributed by atoms with Gasteiger partial charge in [0.2, 0.25) is 0 Å². The molecule has 11 heavy (non-hydrogen) atoms. The summed E-state index contributed by atoms with van der Waals surface area (Å²) < 4.78 is 0. The number of nitrogens with zero attached hydrogens (tertiary/aromatic N) is 1. The third kappa shape index (κ3) is 2.01. The molecule has 0 aliphatic heterocycles. The summed E-state index contributed by atoms with van der Waals surface area (Å²) in [6.07, 6.45) is 3.52. The van der Waals surface area contributed by atoms with Crippen molar-refractivity contribution in [2.24, 2.45) is 5.73 Å². The molecular formula is C7H10N2OS. The Morgan fingerprint density at radius 2 is 2.55 bits per heavy atom. The Morgan fingerprint density at radius 1 is 1.82 bits per heavy atom. The van der Waals surface area contributed by atoms with E-state index in [2.05, 4.69) is 11.9 Å². The van der Waals surface area contributed by atoms with Crippen molar-refractivity contribution < 1.29 is 4.79 Å². The minimum Gasteiger partial charge on any atom is -0.365 e. The number of amides is 1. The number of carbonyl (C=O) groups excluding carboxylic acids is 1. The molecule has 1 aromatic heterocycles. The van der Waals surface area contributed by atoms with Crippen molar-refractivity contribution in [1.82, 2.24) is 4.98 Å². The monoisotopic (exact) mass is 170 g/mol. The summed E-state index contributed by atoms with van der Waals surface area (Å²) in [4.78, 5) is 15.2. The van der Waals surface area contributed by atoms with E-state index >= 15 is 0 Å². The summed E-state index contributed by atoms with van der Waals surface area (Å²) >= 11 is 1.38. The van der Waals surface area contributed by atoms with Gasteiger partial charge in [-0.15, -0.1) is 11.3 Å². The smallest absolute Gasteiger partial charge is 0.260 e. The Bertz CT molecular complexity index is 257. The molecule has 0 spiro atoms. The maximum atomic E-state index is 10.6. The molecule has 0 aliphatic rings. The zero-order valence-corrected chi connectivity index (χ0v) is 7.15. The van der Waals surface area contributed by atoms with Crippen molar-refractivity contribution in [2.45, 2.75) is 19.8 Å². The predicted molar refractivity (Wildman–Crippen MR) is 44.6 cm³/mol. The molecule has 2 N–H and O–H groups in total. The number of aromatic nitrogens is 1. The van der Waals surface area contributed by atoms with E-state index in [1.165, 1.54) is 17.5 Å². The van der Waals surface area contributed by atoms with E-state index in [-0.39, 0.29) is 5.91 Å². The van der Waals surface area contributed by atoms with Gasteiger partial charge in [0.15, 0.2) is 0 Å². The molecular weight excluding hydrogens is 160 g/mol. The van der Waals surface area contributed by atoms with E-state index in [1.807, 2.05) is 0 Å². The minimum atomic E-state index is -0.384. The lowest BCUT2D eigenvalue weighted by Gasteiger charge is -1.86. The Hall–Kier alpha value is -0.900. The fraction of sp³-hybridized carbons (Fsp3) is 0.429. The van der Waals surface area contributed by atoms with E-state index in [1.54, 1.807) is 0 Å². The normalized spacial score (nSPS) is 9.91. The van der Waals surface area contributed by atoms with Gasteiger partial charge in [0.05, 0.1) is 11.2 Å². The van der Waals surface area contributed by atoms with Crippen molar-refractivity contribution in [2.75, 3.05) is 0 Å². The van der Waals surface area contributed by atoms with Crippen LogP contribution in [0.2, 0.25) is 0 Å². The molecule has 1 aromatic rings. The second-order valence-electron chi connectivity index (χ2n) is 2.23. The van der Waals surface area contributed by atoms with E-state index in [0.29, 0.717) is 4.88 Å². The summed E-state index contributed by atoms with van der Waals surface area (Å²) in [7, 11) is 0. The molecule has 3 nitrogen and oxygen atoms in total. The summed E-state index contributed by atoms with van der Waals surface area (Å²) in [5, 5.41) is 0.987. The number of aryl methyl sites for hydroxylation is 1. The van der Waals surface area contributed by atoms with Crippen LogP contribution in [0.5, 0.6) is 0 Å². The number of hydrogen-bond acceptors (Lipinski definition) is 3. The summed E-state index contributed by atoms with van der Waals surface area (Å²) in [5.41, 5.74) is 5.05. The van der Waals surface area contributed by atoms with Crippen LogP contribution in [0.4, 0.5) is 0 Å². The Morgan fingerprint density at radius 3 is 3.00 bits per heavy atom. The molecule has 0 atom stereocenters. The highest BCUT2D eigenvalue weighted by Crippen LogP contribution is 2.13. The molecule has 0 unspecified atom stereocenters. The molecule has 4 heteroatoms. The lowest BCUT2D eigenvalue weighted by atomic mass is 10.4. The maximum Gasteiger partial charge on any atom is 0.260 e. The summed E-state index contributed by atoms with van der Waals surface area (Å²) in [6.45, 7) is 2.07. The topological polar surface area (TPSA) is 56.0 Å². The van der Waals surface area contributed by atoms with E-state index in [4.69, 9.17) is 5.73 Å². The van der Waals surface area contributed by atoms with Crippen LogP contribution in [-0.4, -0.2) is 10.9 Å². The van der Waals surface area contributed by atoms with Gasteiger partial charge in [-0.2, -0.15) is 0 Å². The molecule has 0 saturated heterocycles. The SMILES string of the molecule is CCCc1ncc(C(N)=O)s1. The number of carbonyl (C=O) groups is 1. The van der Waals surface area contributed by atoms with Gasteiger partial charge in [0, 0.05) is 0 Å². The van der Waals surface area contributed by atoms with Crippen molar-refractivity contribution in [3.05, 3.63) is 16.1 Å². The van der Waals surface area contributed by atoms with Crippen LogP contribution >= 0.6 is 11.3 Å². The van der Waals surface area contributed by atoms with Gasteiger partial charge in [-0.05, 0) is 12.8 Å². The van der Waals surface area contributed by atoms with Crippen LogP contribution in [0.1, 0.15) is 28.0 Å². The Balaban J connectivity index is 2.73.